The van der Waals surface area contributed by atoms with Crippen LogP contribution in [0.5, 0.6) is 17.2 Å². The lowest BCUT2D eigenvalue weighted by atomic mass is 10.1. The van der Waals surface area contributed by atoms with Gasteiger partial charge in [-0.1, -0.05) is 0 Å². The Morgan fingerprint density at radius 3 is 2.32 bits per heavy atom. The molecule has 1 amide bonds. The number of alkyl carbamates (subject to hydrolysis) is 1. The van der Waals surface area contributed by atoms with Crippen molar-refractivity contribution in [2.45, 2.75) is 44.9 Å². The predicted molar refractivity (Wildman–Crippen MR) is 151 cm³/mol. The number of aliphatic carboxylic acids is 1. The van der Waals surface area contributed by atoms with Gasteiger partial charge in [-0.15, -0.1) is 0 Å². The van der Waals surface area contributed by atoms with Gasteiger partial charge < -0.3 is 29.4 Å². The smallest absolute Gasteiger partial charge is 0.408 e. The van der Waals surface area contributed by atoms with Gasteiger partial charge in [0.05, 0.1) is 17.3 Å². The van der Waals surface area contributed by atoms with Gasteiger partial charge in [-0.3, -0.25) is 0 Å². The molecule has 2 aromatic rings. The SMILES string of the molecule is CC(C)(C)OC(=O)N[C@@H](Cc1cc(I)c(Oc2ccc(OCC3CO3)c(I)c2)c(I)c1)C(=O)O. The first kappa shape index (κ1) is 27.5. The molecule has 2 atom stereocenters. The molecule has 2 aromatic carbocycles. The van der Waals surface area contributed by atoms with Crippen molar-refractivity contribution in [3.8, 4) is 17.2 Å². The summed E-state index contributed by atoms with van der Waals surface area (Å²) in [5.74, 6) is 0.979. The lowest BCUT2D eigenvalue weighted by Gasteiger charge is -2.22. The van der Waals surface area contributed by atoms with E-state index in [0.717, 1.165) is 28.6 Å². The largest absolute Gasteiger partial charge is 0.490 e. The second-order valence-corrected chi connectivity index (χ2v) is 12.1. The molecule has 8 nitrogen and oxygen atoms in total. The van der Waals surface area contributed by atoms with Crippen LogP contribution in [0.25, 0.3) is 0 Å². The first-order valence-corrected chi connectivity index (χ1v) is 13.6. The number of carboxylic acids is 1. The van der Waals surface area contributed by atoms with Gasteiger partial charge in [0.1, 0.15) is 35.9 Å². The van der Waals surface area contributed by atoms with Gasteiger partial charge in [0.25, 0.3) is 0 Å². The first-order valence-electron chi connectivity index (χ1n) is 10.3. The van der Waals surface area contributed by atoms with Crippen LogP contribution in [0.1, 0.15) is 26.3 Å². The fourth-order valence-corrected chi connectivity index (χ4v) is 5.60. The highest BCUT2D eigenvalue weighted by molar-refractivity contribution is 14.1. The summed E-state index contributed by atoms with van der Waals surface area (Å²) in [6.45, 7) is 6.44. The zero-order valence-corrected chi connectivity index (χ0v) is 25.2. The molecular weight excluding hydrogens is 783 g/mol. The lowest BCUT2D eigenvalue weighted by molar-refractivity contribution is -0.139. The monoisotopic (exact) mass is 807 g/mol. The van der Waals surface area contributed by atoms with Gasteiger partial charge in [0.15, 0.2) is 5.75 Å². The Morgan fingerprint density at radius 2 is 1.79 bits per heavy atom. The summed E-state index contributed by atoms with van der Waals surface area (Å²) in [6.07, 6.45) is -0.473. The Morgan fingerprint density at radius 1 is 1.15 bits per heavy atom. The van der Waals surface area contributed by atoms with Crippen molar-refractivity contribution in [1.29, 1.82) is 0 Å². The third-order valence-electron chi connectivity index (χ3n) is 4.44. The molecular formula is C23H24I3NO7. The quantitative estimate of drug-likeness (QED) is 0.252. The minimum absolute atomic E-state index is 0.107. The Labute approximate surface area is 238 Å². The highest BCUT2D eigenvalue weighted by Gasteiger charge is 2.25. The van der Waals surface area contributed by atoms with Crippen molar-refractivity contribution < 1.29 is 33.6 Å². The lowest BCUT2D eigenvalue weighted by Crippen LogP contribution is -2.44. The maximum absolute atomic E-state index is 12.0. The highest BCUT2D eigenvalue weighted by atomic mass is 127. The van der Waals surface area contributed by atoms with Crippen LogP contribution in [0, 0.1) is 10.7 Å². The number of benzene rings is 2. The summed E-state index contributed by atoms with van der Waals surface area (Å²) < 4.78 is 24.8. The van der Waals surface area contributed by atoms with Crippen LogP contribution >= 0.6 is 67.8 Å². The number of nitrogens with one attached hydrogen (secondary N) is 1. The van der Waals surface area contributed by atoms with E-state index in [1.807, 2.05) is 30.3 Å². The fourth-order valence-electron chi connectivity index (χ4n) is 2.84. The molecule has 1 fully saturated rings. The number of hydrogen-bond acceptors (Lipinski definition) is 6. The van der Waals surface area contributed by atoms with Crippen LogP contribution in [0.2, 0.25) is 0 Å². The van der Waals surface area contributed by atoms with Crippen LogP contribution < -0.4 is 14.8 Å². The Hall–Kier alpha value is -1.07. The maximum Gasteiger partial charge on any atom is 0.408 e. The van der Waals surface area contributed by atoms with E-state index < -0.39 is 23.7 Å². The molecule has 0 saturated carbocycles. The molecule has 1 aliphatic rings. The Bertz CT molecular complexity index is 1040. The van der Waals surface area contributed by atoms with E-state index in [4.69, 9.17) is 18.9 Å². The molecule has 3 rings (SSSR count). The third kappa shape index (κ3) is 8.55. The van der Waals surface area contributed by atoms with E-state index in [1.165, 1.54) is 0 Å². The van der Waals surface area contributed by atoms with Crippen LogP contribution in [0.3, 0.4) is 0 Å². The number of halogens is 3. The third-order valence-corrected chi connectivity index (χ3v) is 6.88. The summed E-state index contributed by atoms with van der Waals surface area (Å²) in [5, 5.41) is 12.0. The summed E-state index contributed by atoms with van der Waals surface area (Å²) in [5.41, 5.74) is 0.0372. The van der Waals surface area contributed by atoms with Crippen LogP contribution in [-0.4, -0.2) is 48.1 Å². The van der Waals surface area contributed by atoms with Gasteiger partial charge in [-0.2, -0.15) is 0 Å². The first-order chi connectivity index (χ1) is 15.9. The zero-order valence-electron chi connectivity index (χ0n) is 18.7. The average molecular weight is 807 g/mol. The topological polar surface area (TPSA) is 107 Å². The molecule has 1 aliphatic heterocycles. The van der Waals surface area contributed by atoms with E-state index in [1.54, 1.807) is 20.8 Å². The van der Waals surface area contributed by atoms with Crippen molar-refractivity contribution in [2.75, 3.05) is 13.2 Å². The fraction of sp³-hybridized carbons (Fsp3) is 0.391. The molecule has 11 heteroatoms. The zero-order chi connectivity index (χ0) is 25.0. The number of hydrogen-bond donors (Lipinski definition) is 2. The Kier molecular flexibility index (Phi) is 9.53. The van der Waals surface area contributed by atoms with Gasteiger partial charge >= 0.3 is 12.1 Å². The molecule has 1 saturated heterocycles. The number of epoxide rings is 1. The molecule has 0 aliphatic carbocycles. The molecule has 0 radical (unpaired) electrons. The number of amides is 1. The van der Waals surface area contributed by atoms with Crippen LogP contribution in [0.15, 0.2) is 30.3 Å². The molecule has 1 heterocycles. The average Bonchev–Trinajstić information content (AvgIpc) is 3.52. The van der Waals surface area contributed by atoms with E-state index in [2.05, 4.69) is 73.1 Å². The standard InChI is InChI=1S/C23H24I3NO7/c1-23(2,3)34-22(30)27-18(21(28)29)8-12-6-16(25)20(17(26)7-12)33-13-4-5-19(15(24)9-13)32-11-14-10-31-14/h4-7,9,14,18H,8,10-11H2,1-3H3,(H,27,30)(H,28,29)/t14?,18-/m0/s1. The van der Waals surface area contributed by atoms with Crippen molar-refractivity contribution in [3.05, 3.63) is 46.6 Å². The Balaban J connectivity index is 1.69. The molecule has 1 unspecified atom stereocenters. The number of rotatable bonds is 9. The van der Waals surface area contributed by atoms with Crippen LogP contribution in [-0.2, 0) is 20.7 Å². The second kappa shape index (κ2) is 11.8. The van der Waals surface area contributed by atoms with Gasteiger partial charge in [-0.05, 0) is 124 Å². The number of ether oxygens (including phenoxy) is 4. The van der Waals surface area contributed by atoms with Crippen LogP contribution in [0.4, 0.5) is 4.79 Å². The maximum atomic E-state index is 12.0. The van der Waals surface area contributed by atoms with E-state index in [-0.39, 0.29) is 12.5 Å². The van der Waals surface area contributed by atoms with Crippen molar-refractivity contribution in [1.82, 2.24) is 5.32 Å². The molecule has 0 bridgehead atoms. The summed E-state index contributed by atoms with van der Waals surface area (Å²) >= 11 is 6.52. The summed E-state index contributed by atoms with van der Waals surface area (Å²) in [6, 6.07) is 8.19. The number of carboxylic acid groups (broad SMARTS) is 1. The molecule has 0 spiro atoms. The molecule has 34 heavy (non-hydrogen) atoms. The van der Waals surface area contributed by atoms with Gasteiger partial charge in [-0.25, -0.2) is 9.59 Å². The molecule has 184 valence electrons. The minimum Gasteiger partial charge on any atom is -0.490 e. The van der Waals surface area contributed by atoms with Crippen molar-refractivity contribution in [2.24, 2.45) is 0 Å². The van der Waals surface area contributed by atoms with Gasteiger partial charge in [0, 0.05) is 6.42 Å². The summed E-state index contributed by atoms with van der Waals surface area (Å²) in [4.78, 5) is 23.8. The van der Waals surface area contributed by atoms with E-state index in [9.17, 15) is 14.7 Å². The normalized spacial score (nSPS) is 15.9. The van der Waals surface area contributed by atoms with Crippen molar-refractivity contribution in [3.63, 3.8) is 0 Å². The summed E-state index contributed by atoms with van der Waals surface area (Å²) in [7, 11) is 0. The molecule has 2 N–H and O–H groups in total. The van der Waals surface area contributed by atoms with E-state index in [0.29, 0.717) is 18.1 Å². The van der Waals surface area contributed by atoms with Gasteiger partial charge in [0.2, 0.25) is 0 Å². The minimum atomic E-state index is -1.14. The highest BCUT2D eigenvalue weighted by Crippen LogP contribution is 2.35. The van der Waals surface area contributed by atoms with E-state index >= 15 is 0 Å². The van der Waals surface area contributed by atoms with Crippen molar-refractivity contribution >= 4 is 79.8 Å². The predicted octanol–water partition coefficient (Wildman–Crippen LogP) is 5.59. The molecule has 0 aromatic heterocycles. The number of carbonyl (C=O) groups excluding carboxylic acids is 1. The number of carbonyl (C=O) groups is 2. The second-order valence-electron chi connectivity index (χ2n) is 8.59.